The van der Waals surface area contributed by atoms with E-state index >= 15 is 0 Å². The van der Waals surface area contributed by atoms with Crippen LogP contribution in [-0.2, 0) is 0 Å². The van der Waals surface area contributed by atoms with Crippen molar-refractivity contribution in [2.24, 2.45) is 0 Å². The van der Waals surface area contributed by atoms with Crippen LogP contribution in [0.1, 0.15) is 0 Å². The summed E-state index contributed by atoms with van der Waals surface area (Å²) in [6, 6.07) is 36.0. The Morgan fingerprint density at radius 3 is 0.238 bits per heavy atom. The highest BCUT2D eigenvalue weighted by Crippen LogP contribution is 1.81. The van der Waals surface area contributed by atoms with Crippen molar-refractivity contribution in [3.63, 3.8) is 0 Å². The van der Waals surface area contributed by atoms with Gasteiger partial charge in [0.05, 0.1) is 0 Å². The van der Waals surface area contributed by atoms with Crippen molar-refractivity contribution in [3.05, 3.63) is 109 Å². The molecule has 0 nitrogen and oxygen atoms in total. The highest BCUT2D eigenvalue weighted by Gasteiger charge is 1.59. The van der Waals surface area contributed by atoms with Gasteiger partial charge in [0.25, 0.3) is 0 Å². The first kappa shape index (κ1) is 25.8. The van der Waals surface area contributed by atoms with E-state index < -0.39 is 0 Å². The van der Waals surface area contributed by atoms with Gasteiger partial charge in [-0.25, -0.2) is 0 Å². The summed E-state index contributed by atoms with van der Waals surface area (Å²) in [5.41, 5.74) is 0. The first-order valence-electron chi connectivity index (χ1n) is 6.00. The van der Waals surface area contributed by atoms with E-state index in [1.165, 1.54) is 0 Å². The summed E-state index contributed by atoms with van der Waals surface area (Å²) in [6.07, 6.45) is 0. The molecule has 0 unspecified atom stereocenters. The molecule has 0 spiro atoms. The van der Waals surface area contributed by atoms with Crippen LogP contribution in [-0.4, -0.2) is 0 Å². The lowest BCUT2D eigenvalue weighted by Crippen LogP contribution is -1.47. The van der Waals surface area contributed by atoms with Crippen LogP contribution < -0.4 is 0 Å². The maximum Gasteiger partial charge on any atom is -0.0623 e. The Labute approximate surface area is 179 Å². The fourth-order valence-corrected chi connectivity index (χ4v) is 1.15. The monoisotopic (exact) mass is 618 g/mol. The first-order valence-corrected chi connectivity index (χ1v) is 6.00. The van der Waals surface area contributed by atoms with E-state index in [2.05, 4.69) is 0 Å². The van der Waals surface area contributed by atoms with Crippen molar-refractivity contribution in [2.75, 3.05) is 0 Å². The summed E-state index contributed by atoms with van der Waals surface area (Å²) < 4.78 is 0. The Morgan fingerprint density at radius 1 is 0.143 bits per heavy atom. The molecule has 0 radical (unpaired) electrons. The third-order valence-corrected chi connectivity index (χ3v) is 2.00. The third kappa shape index (κ3) is 19.9. The normalized spacial score (nSPS) is 6.86. The van der Waals surface area contributed by atoms with E-state index in [9.17, 15) is 0 Å². The number of halogens is 3. The molecule has 0 saturated carbocycles. The number of hydrogen-bond donors (Lipinski definition) is 0. The standard InChI is InChI=1S/3C6H6.3HI/c3*1-2-4-6-5-3-1;;;/h3*1-6H;3*1H. The molecule has 0 saturated heterocycles. The topological polar surface area (TPSA) is 0 Å². The zero-order valence-corrected chi connectivity index (χ0v) is 18.6. The Balaban J connectivity index is -0.000000216. The number of benzene rings is 3. The minimum atomic E-state index is 0. The second-order valence-corrected chi connectivity index (χ2v) is 3.46. The van der Waals surface area contributed by atoms with Crippen molar-refractivity contribution in [1.82, 2.24) is 0 Å². The van der Waals surface area contributed by atoms with Crippen LogP contribution >= 0.6 is 71.9 Å². The highest BCUT2D eigenvalue weighted by atomic mass is 127. The van der Waals surface area contributed by atoms with Gasteiger partial charge in [-0.15, -0.1) is 71.9 Å². The van der Waals surface area contributed by atoms with Gasteiger partial charge < -0.3 is 0 Å². The second-order valence-electron chi connectivity index (χ2n) is 3.46. The van der Waals surface area contributed by atoms with Gasteiger partial charge in [0.2, 0.25) is 0 Å². The molecule has 0 aliphatic heterocycles. The van der Waals surface area contributed by atoms with E-state index in [0.29, 0.717) is 0 Å². The third-order valence-electron chi connectivity index (χ3n) is 2.00. The summed E-state index contributed by atoms with van der Waals surface area (Å²) in [5, 5.41) is 0. The van der Waals surface area contributed by atoms with Crippen LogP contribution in [0.25, 0.3) is 0 Å². The minimum absolute atomic E-state index is 0. The summed E-state index contributed by atoms with van der Waals surface area (Å²) in [6.45, 7) is 0. The Bertz CT molecular complexity index is 303. The Hall–Kier alpha value is -0.150. The van der Waals surface area contributed by atoms with E-state index in [-0.39, 0.29) is 71.9 Å². The van der Waals surface area contributed by atoms with Gasteiger partial charge in [-0.05, 0) is 0 Å². The molecule has 0 aromatic heterocycles. The molecule has 0 atom stereocenters. The van der Waals surface area contributed by atoms with Crippen LogP contribution in [0.3, 0.4) is 0 Å². The van der Waals surface area contributed by atoms with Crippen molar-refractivity contribution < 1.29 is 0 Å². The molecule has 0 fully saturated rings. The van der Waals surface area contributed by atoms with E-state index in [0.717, 1.165) is 0 Å². The molecule has 0 heterocycles. The molecule has 0 bridgehead atoms. The SMILES string of the molecule is I.I.I.c1ccccc1.c1ccccc1.c1ccccc1. The van der Waals surface area contributed by atoms with Crippen molar-refractivity contribution in [2.45, 2.75) is 0 Å². The Morgan fingerprint density at radius 2 is 0.190 bits per heavy atom. The molecule has 3 aromatic rings. The lowest BCUT2D eigenvalue weighted by molar-refractivity contribution is 1.72. The van der Waals surface area contributed by atoms with E-state index in [1.54, 1.807) is 0 Å². The predicted molar refractivity (Wildman–Crippen MR) is 126 cm³/mol. The molecule has 0 aliphatic rings. The lowest BCUT2D eigenvalue weighted by Gasteiger charge is -1.69. The summed E-state index contributed by atoms with van der Waals surface area (Å²) >= 11 is 0. The zero-order valence-electron chi connectivity index (χ0n) is 11.6. The molecule has 0 amide bonds. The molecular formula is C18H21I3. The lowest BCUT2D eigenvalue weighted by atomic mass is 10.4. The maximum absolute atomic E-state index is 2.00. The first-order chi connectivity index (χ1) is 9.00. The molecule has 0 N–H and O–H groups in total. The summed E-state index contributed by atoms with van der Waals surface area (Å²) in [5.74, 6) is 0. The molecule has 3 heteroatoms. The van der Waals surface area contributed by atoms with Gasteiger partial charge in [-0.3, -0.25) is 0 Å². The van der Waals surface area contributed by atoms with Gasteiger partial charge in [0, 0.05) is 0 Å². The second kappa shape index (κ2) is 22.1. The predicted octanol–water partition coefficient (Wildman–Crippen LogP) is 6.91. The minimum Gasteiger partial charge on any atom is -0.107 e. The summed E-state index contributed by atoms with van der Waals surface area (Å²) in [7, 11) is 0. The summed E-state index contributed by atoms with van der Waals surface area (Å²) in [4.78, 5) is 0. The molecule has 114 valence electrons. The fourth-order valence-electron chi connectivity index (χ4n) is 1.15. The van der Waals surface area contributed by atoms with Gasteiger partial charge in [-0.1, -0.05) is 109 Å². The van der Waals surface area contributed by atoms with Gasteiger partial charge >= 0.3 is 0 Å². The van der Waals surface area contributed by atoms with Gasteiger partial charge in [0.15, 0.2) is 0 Å². The van der Waals surface area contributed by atoms with Gasteiger partial charge in [-0.2, -0.15) is 0 Å². The maximum atomic E-state index is 2.00. The molecule has 0 aliphatic carbocycles. The molecule has 3 aromatic carbocycles. The zero-order chi connectivity index (χ0) is 12.7. The largest absolute Gasteiger partial charge is 0.107 e. The highest BCUT2D eigenvalue weighted by molar-refractivity contribution is 14.0. The molecular weight excluding hydrogens is 597 g/mol. The Kier molecular flexibility index (Phi) is 27.2. The fraction of sp³-hybridized carbons (Fsp3) is 0. The van der Waals surface area contributed by atoms with E-state index in [4.69, 9.17) is 0 Å². The van der Waals surface area contributed by atoms with Crippen LogP contribution in [0.15, 0.2) is 109 Å². The van der Waals surface area contributed by atoms with Gasteiger partial charge in [0.1, 0.15) is 0 Å². The van der Waals surface area contributed by atoms with Crippen molar-refractivity contribution in [1.29, 1.82) is 0 Å². The molecule has 3 rings (SSSR count). The quantitative estimate of drug-likeness (QED) is 0.241. The number of rotatable bonds is 0. The number of hydrogen-bond acceptors (Lipinski definition) is 0. The van der Waals surface area contributed by atoms with Crippen LogP contribution in [0, 0.1) is 0 Å². The smallest absolute Gasteiger partial charge is 0.0623 e. The van der Waals surface area contributed by atoms with Crippen molar-refractivity contribution in [3.8, 4) is 0 Å². The molecule has 21 heavy (non-hydrogen) atoms. The van der Waals surface area contributed by atoms with Crippen LogP contribution in [0.2, 0.25) is 0 Å². The van der Waals surface area contributed by atoms with E-state index in [1.807, 2.05) is 109 Å². The van der Waals surface area contributed by atoms with Crippen LogP contribution in [0.4, 0.5) is 0 Å². The van der Waals surface area contributed by atoms with Crippen molar-refractivity contribution >= 4 is 71.9 Å². The average Bonchev–Trinajstić information content (AvgIpc) is 2.54. The van der Waals surface area contributed by atoms with Crippen LogP contribution in [0.5, 0.6) is 0 Å². The average molecular weight is 618 g/mol.